The molecule has 1 atom stereocenters. The lowest BCUT2D eigenvalue weighted by molar-refractivity contribution is -0.151. The summed E-state index contributed by atoms with van der Waals surface area (Å²) < 4.78 is 5.09. The first-order valence-corrected chi connectivity index (χ1v) is 5.43. The van der Waals surface area contributed by atoms with Gasteiger partial charge in [0.25, 0.3) is 0 Å². The lowest BCUT2D eigenvalue weighted by atomic mass is 9.99. The molecule has 1 fully saturated rings. The van der Waals surface area contributed by atoms with Gasteiger partial charge in [-0.1, -0.05) is 0 Å². The van der Waals surface area contributed by atoms with Crippen LogP contribution in [0.2, 0.25) is 0 Å². The predicted octanol–water partition coefficient (Wildman–Crippen LogP) is 1.04. The third-order valence-electron chi connectivity index (χ3n) is 2.60. The fourth-order valence-electron chi connectivity index (χ4n) is 1.81. The van der Waals surface area contributed by atoms with Crippen molar-refractivity contribution in [2.24, 2.45) is 0 Å². The third-order valence-corrected chi connectivity index (χ3v) is 2.60. The number of hydrogen-bond donors (Lipinski definition) is 1. The Hall–Kier alpha value is -1.59. The van der Waals surface area contributed by atoms with Gasteiger partial charge in [0.1, 0.15) is 5.60 Å². The van der Waals surface area contributed by atoms with Crippen molar-refractivity contribution in [1.29, 1.82) is 0 Å². The zero-order chi connectivity index (χ0) is 13.3. The van der Waals surface area contributed by atoms with E-state index in [1.54, 1.807) is 20.8 Å². The van der Waals surface area contributed by atoms with Gasteiger partial charge in [-0.05, 0) is 33.6 Å². The second-order valence-electron chi connectivity index (χ2n) is 5.08. The van der Waals surface area contributed by atoms with Crippen molar-refractivity contribution in [2.75, 3.05) is 6.54 Å². The highest BCUT2D eigenvalue weighted by atomic mass is 16.6. The van der Waals surface area contributed by atoms with Gasteiger partial charge in [0.05, 0.1) is 0 Å². The third kappa shape index (κ3) is 2.57. The maximum atomic E-state index is 11.8. The van der Waals surface area contributed by atoms with Gasteiger partial charge < -0.3 is 14.6 Å². The number of carbonyl (C=O) groups is 3. The molecule has 0 saturated carbocycles. The van der Waals surface area contributed by atoms with Gasteiger partial charge in [0, 0.05) is 6.54 Å². The average Bonchev–Trinajstić information content (AvgIpc) is 2.59. The fourth-order valence-corrected chi connectivity index (χ4v) is 1.81. The van der Waals surface area contributed by atoms with Crippen LogP contribution >= 0.6 is 0 Å². The van der Waals surface area contributed by atoms with Crippen LogP contribution in [0.5, 0.6) is 0 Å². The van der Waals surface area contributed by atoms with Crippen LogP contribution in [0.25, 0.3) is 0 Å². The fraction of sp³-hybridized carbons (Fsp3) is 0.727. The summed E-state index contributed by atoms with van der Waals surface area (Å²) in [5.41, 5.74) is -2.48. The minimum absolute atomic E-state index is 0.130. The summed E-state index contributed by atoms with van der Waals surface area (Å²) in [7, 11) is 0. The molecule has 1 aliphatic rings. The van der Waals surface area contributed by atoms with Gasteiger partial charge in [-0.25, -0.2) is 9.59 Å². The van der Waals surface area contributed by atoms with Crippen LogP contribution < -0.4 is 0 Å². The highest BCUT2D eigenvalue weighted by Crippen LogP contribution is 2.29. The van der Waals surface area contributed by atoms with E-state index in [1.165, 1.54) is 0 Å². The molecule has 0 aromatic heterocycles. The zero-order valence-corrected chi connectivity index (χ0v) is 10.2. The maximum absolute atomic E-state index is 11.8. The average molecular weight is 243 g/mol. The molecule has 1 heterocycles. The molecule has 1 N–H and O–H groups in total. The number of nitrogens with zero attached hydrogens (tertiary/aromatic N) is 1. The van der Waals surface area contributed by atoms with Gasteiger partial charge in [0.2, 0.25) is 0 Å². The van der Waals surface area contributed by atoms with Crippen molar-refractivity contribution in [3.63, 3.8) is 0 Å². The van der Waals surface area contributed by atoms with Crippen molar-refractivity contribution in [3.8, 4) is 0 Å². The molecule has 6 heteroatoms. The minimum Gasteiger partial charge on any atom is -0.479 e. The molecule has 96 valence electrons. The molecule has 17 heavy (non-hydrogen) atoms. The minimum atomic E-state index is -1.76. The van der Waals surface area contributed by atoms with Gasteiger partial charge >= 0.3 is 12.1 Å². The van der Waals surface area contributed by atoms with Crippen LogP contribution in [-0.2, 0) is 14.3 Å². The Kier molecular flexibility index (Phi) is 3.45. The quantitative estimate of drug-likeness (QED) is 0.578. The lowest BCUT2D eigenvalue weighted by Crippen LogP contribution is -2.55. The number of carboxylic acid groups (broad SMARTS) is 1. The number of amides is 1. The molecule has 1 amide bonds. The molecule has 1 saturated heterocycles. The molecule has 0 unspecified atom stereocenters. The first-order valence-electron chi connectivity index (χ1n) is 5.43. The largest absolute Gasteiger partial charge is 0.479 e. The number of aliphatic carboxylic acids is 1. The summed E-state index contributed by atoms with van der Waals surface area (Å²) in [5.74, 6) is -1.31. The van der Waals surface area contributed by atoms with Crippen LogP contribution in [0.4, 0.5) is 4.79 Å². The molecule has 0 radical (unpaired) electrons. The van der Waals surface area contributed by atoms with E-state index in [0.29, 0.717) is 12.7 Å². The Labute approximate surface area is 99.5 Å². The summed E-state index contributed by atoms with van der Waals surface area (Å²) in [4.78, 5) is 35.0. The molecule has 6 nitrogen and oxygen atoms in total. The SMILES string of the molecule is CC(C)(C)OC(=O)N1CCC[C@]1(C=O)C(=O)O. The summed E-state index contributed by atoms with van der Waals surface area (Å²) in [6, 6.07) is 0. The van der Waals surface area contributed by atoms with Gasteiger partial charge in [-0.3, -0.25) is 4.90 Å². The summed E-state index contributed by atoms with van der Waals surface area (Å²) in [5, 5.41) is 9.10. The number of ether oxygens (including phenoxy) is 1. The maximum Gasteiger partial charge on any atom is 0.411 e. The molecule has 0 aliphatic carbocycles. The summed E-state index contributed by atoms with van der Waals surface area (Å²) in [6.07, 6.45) is 0.159. The Morgan fingerprint density at radius 2 is 2.00 bits per heavy atom. The van der Waals surface area contributed by atoms with Crippen molar-refractivity contribution in [1.82, 2.24) is 4.90 Å². The van der Waals surface area contributed by atoms with E-state index in [9.17, 15) is 14.4 Å². The Bertz CT molecular complexity index is 346. The molecular formula is C11H17NO5. The van der Waals surface area contributed by atoms with E-state index in [1.807, 2.05) is 0 Å². The topological polar surface area (TPSA) is 83.9 Å². The zero-order valence-electron chi connectivity index (χ0n) is 10.2. The Balaban J connectivity index is 2.93. The number of carbonyl (C=O) groups excluding carboxylic acids is 2. The number of likely N-dealkylation sites (tertiary alicyclic amines) is 1. The molecule has 1 aliphatic heterocycles. The van der Waals surface area contributed by atoms with Gasteiger partial charge in [0.15, 0.2) is 11.8 Å². The Morgan fingerprint density at radius 1 is 1.41 bits per heavy atom. The Morgan fingerprint density at radius 3 is 2.41 bits per heavy atom. The second-order valence-corrected chi connectivity index (χ2v) is 5.08. The first kappa shape index (κ1) is 13.5. The molecule has 0 bridgehead atoms. The van der Waals surface area contributed by atoms with E-state index in [-0.39, 0.29) is 13.0 Å². The van der Waals surface area contributed by atoms with Gasteiger partial charge in [-0.15, -0.1) is 0 Å². The molecule has 0 aromatic carbocycles. The van der Waals surface area contributed by atoms with E-state index in [0.717, 1.165) is 4.90 Å². The summed E-state index contributed by atoms with van der Waals surface area (Å²) >= 11 is 0. The predicted molar refractivity (Wildman–Crippen MR) is 58.6 cm³/mol. The number of hydrogen-bond acceptors (Lipinski definition) is 4. The van der Waals surface area contributed by atoms with E-state index >= 15 is 0 Å². The highest BCUT2D eigenvalue weighted by molar-refractivity contribution is 6.00. The van der Waals surface area contributed by atoms with E-state index < -0.39 is 23.2 Å². The second kappa shape index (κ2) is 4.35. The van der Waals surface area contributed by atoms with Crippen LogP contribution in [-0.4, -0.2) is 46.0 Å². The molecule has 1 rings (SSSR count). The van der Waals surface area contributed by atoms with Crippen molar-refractivity contribution in [2.45, 2.75) is 44.8 Å². The summed E-state index contributed by atoms with van der Waals surface area (Å²) in [6.45, 7) is 5.28. The monoisotopic (exact) mass is 243 g/mol. The number of aldehydes is 1. The smallest absolute Gasteiger partial charge is 0.411 e. The molecular weight excluding hydrogens is 226 g/mol. The number of carboxylic acids is 1. The molecule has 0 aromatic rings. The van der Waals surface area contributed by atoms with Crippen molar-refractivity contribution < 1.29 is 24.2 Å². The van der Waals surface area contributed by atoms with Crippen LogP contribution in [0.15, 0.2) is 0 Å². The first-order chi connectivity index (χ1) is 7.73. The van der Waals surface area contributed by atoms with Crippen molar-refractivity contribution >= 4 is 18.3 Å². The molecule has 0 spiro atoms. The standard InChI is InChI=1S/C11H17NO5/c1-10(2,3)17-9(16)12-6-4-5-11(12,7-13)8(14)15/h7H,4-6H2,1-3H3,(H,14,15)/t11-/m0/s1. The lowest BCUT2D eigenvalue weighted by Gasteiger charge is -2.31. The number of rotatable bonds is 2. The normalized spacial score (nSPS) is 24.5. The van der Waals surface area contributed by atoms with Crippen LogP contribution in [0.3, 0.4) is 0 Å². The van der Waals surface area contributed by atoms with Crippen LogP contribution in [0, 0.1) is 0 Å². The van der Waals surface area contributed by atoms with Crippen molar-refractivity contribution in [3.05, 3.63) is 0 Å². The van der Waals surface area contributed by atoms with Gasteiger partial charge in [-0.2, -0.15) is 0 Å². The van der Waals surface area contributed by atoms with E-state index in [4.69, 9.17) is 9.84 Å². The highest BCUT2D eigenvalue weighted by Gasteiger charge is 2.51. The van der Waals surface area contributed by atoms with Crippen LogP contribution in [0.1, 0.15) is 33.6 Å². The van der Waals surface area contributed by atoms with E-state index in [2.05, 4.69) is 0 Å².